The Morgan fingerprint density at radius 3 is 1.23 bits per heavy atom. The fourth-order valence-electron chi connectivity index (χ4n) is 5.61. The van der Waals surface area contributed by atoms with Crippen LogP contribution in [0.1, 0.15) is 206 Å². The molecular formula is C39H74O5. The molecule has 0 fully saturated rings. The second-order valence-electron chi connectivity index (χ2n) is 13.0. The number of hydrogen-bond donors (Lipinski definition) is 1. The molecule has 1 unspecified atom stereocenters. The van der Waals surface area contributed by atoms with Gasteiger partial charge in [0.25, 0.3) is 0 Å². The van der Waals surface area contributed by atoms with Crippen LogP contribution < -0.4 is 0 Å². The smallest absolute Gasteiger partial charge is 0.306 e. The van der Waals surface area contributed by atoms with Gasteiger partial charge in [0.1, 0.15) is 6.61 Å². The molecule has 0 bridgehead atoms. The Labute approximate surface area is 273 Å². The number of ether oxygens (including phenoxy) is 2. The van der Waals surface area contributed by atoms with Crippen LogP contribution in [-0.4, -0.2) is 36.4 Å². The van der Waals surface area contributed by atoms with E-state index in [9.17, 15) is 14.7 Å². The fraction of sp³-hybridized carbons (Fsp3) is 0.897. The van der Waals surface area contributed by atoms with Crippen molar-refractivity contribution in [2.75, 3.05) is 13.2 Å². The molecule has 0 aromatic heterocycles. The highest BCUT2D eigenvalue weighted by Crippen LogP contribution is 2.14. The van der Waals surface area contributed by atoms with Crippen LogP contribution in [0.25, 0.3) is 0 Å². The normalized spacial score (nSPS) is 12.2. The molecule has 5 nitrogen and oxygen atoms in total. The van der Waals surface area contributed by atoms with Crippen molar-refractivity contribution in [2.45, 2.75) is 213 Å². The van der Waals surface area contributed by atoms with Crippen molar-refractivity contribution in [3.8, 4) is 0 Å². The minimum absolute atomic E-state index is 0.0633. The number of carbonyl (C=O) groups is 2. The quantitative estimate of drug-likeness (QED) is 0.0432. The Hall–Kier alpha value is -1.36. The van der Waals surface area contributed by atoms with E-state index in [1.807, 2.05) is 0 Å². The van der Waals surface area contributed by atoms with E-state index in [1.54, 1.807) is 0 Å². The summed E-state index contributed by atoms with van der Waals surface area (Å²) in [6.07, 6.45) is 39.8. The molecule has 0 aliphatic heterocycles. The summed E-state index contributed by atoms with van der Waals surface area (Å²) in [6, 6.07) is 0. The molecule has 0 saturated carbocycles. The molecule has 1 N–H and O–H groups in total. The summed E-state index contributed by atoms with van der Waals surface area (Å²) in [7, 11) is 0. The van der Waals surface area contributed by atoms with Gasteiger partial charge in [-0.05, 0) is 38.5 Å². The maximum absolute atomic E-state index is 12.1. The van der Waals surface area contributed by atoms with Gasteiger partial charge >= 0.3 is 11.9 Å². The maximum Gasteiger partial charge on any atom is 0.306 e. The second-order valence-corrected chi connectivity index (χ2v) is 13.0. The molecule has 0 saturated heterocycles. The maximum atomic E-state index is 12.1. The average molecular weight is 623 g/mol. The minimum atomic E-state index is -0.768. The SMILES string of the molecule is CCCCCCCC/C=C\CCCCCCCC(=O)OC(CO)COC(=O)CCCCCCCCCCCCCCCCC. The highest BCUT2D eigenvalue weighted by molar-refractivity contribution is 5.70. The zero-order valence-electron chi connectivity index (χ0n) is 29.4. The van der Waals surface area contributed by atoms with Crippen LogP contribution in [-0.2, 0) is 19.1 Å². The van der Waals surface area contributed by atoms with E-state index in [-0.39, 0.29) is 25.2 Å². The van der Waals surface area contributed by atoms with Gasteiger partial charge in [-0.2, -0.15) is 0 Å². The largest absolute Gasteiger partial charge is 0.462 e. The molecule has 1 atom stereocenters. The third-order valence-corrected chi connectivity index (χ3v) is 8.56. The number of esters is 2. The van der Waals surface area contributed by atoms with E-state index in [2.05, 4.69) is 26.0 Å². The van der Waals surface area contributed by atoms with E-state index in [4.69, 9.17) is 9.47 Å². The molecule has 0 heterocycles. The molecule has 0 aliphatic carbocycles. The van der Waals surface area contributed by atoms with Crippen molar-refractivity contribution in [1.29, 1.82) is 0 Å². The predicted molar refractivity (Wildman–Crippen MR) is 187 cm³/mol. The Morgan fingerprint density at radius 2 is 0.841 bits per heavy atom. The minimum Gasteiger partial charge on any atom is -0.462 e. The molecule has 0 aliphatic rings. The average Bonchev–Trinajstić information content (AvgIpc) is 3.02. The van der Waals surface area contributed by atoms with Crippen LogP contribution in [0.5, 0.6) is 0 Å². The molecule has 5 heteroatoms. The third-order valence-electron chi connectivity index (χ3n) is 8.56. The van der Waals surface area contributed by atoms with Crippen molar-refractivity contribution in [2.24, 2.45) is 0 Å². The molecule has 0 radical (unpaired) electrons. The van der Waals surface area contributed by atoms with Gasteiger partial charge in [-0.1, -0.05) is 167 Å². The van der Waals surface area contributed by atoms with Crippen molar-refractivity contribution < 1.29 is 24.2 Å². The van der Waals surface area contributed by atoms with E-state index in [0.717, 1.165) is 44.9 Å². The molecule has 0 aromatic carbocycles. The van der Waals surface area contributed by atoms with Gasteiger partial charge in [-0.3, -0.25) is 9.59 Å². The lowest BCUT2D eigenvalue weighted by Gasteiger charge is -2.15. The number of hydrogen-bond acceptors (Lipinski definition) is 5. The number of unbranched alkanes of at least 4 members (excludes halogenated alkanes) is 25. The van der Waals surface area contributed by atoms with E-state index >= 15 is 0 Å². The van der Waals surface area contributed by atoms with Gasteiger partial charge in [-0.25, -0.2) is 0 Å². The summed E-state index contributed by atoms with van der Waals surface area (Å²) >= 11 is 0. The van der Waals surface area contributed by atoms with E-state index < -0.39 is 6.10 Å². The van der Waals surface area contributed by atoms with Crippen LogP contribution in [0, 0.1) is 0 Å². The van der Waals surface area contributed by atoms with Crippen LogP contribution in [0.3, 0.4) is 0 Å². The van der Waals surface area contributed by atoms with Gasteiger partial charge in [0.2, 0.25) is 0 Å². The molecule has 0 aromatic rings. The highest BCUT2D eigenvalue weighted by Gasteiger charge is 2.16. The van der Waals surface area contributed by atoms with Crippen molar-refractivity contribution in [1.82, 2.24) is 0 Å². The second kappa shape index (κ2) is 36.1. The Bertz CT molecular complexity index is 632. The molecular weight excluding hydrogens is 548 g/mol. The molecule has 260 valence electrons. The Kier molecular flexibility index (Phi) is 35.0. The summed E-state index contributed by atoms with van der Waals surface area (Å²) in [6.45, 7) is 4.14. The molecule has 0 amide bonds. The topological polar surface area (TPSA) is 72.8 Å². The monoisotopic (exact) mass is 623 g/mol. The molecule has 0 spiro atoms. The van der Waals surface area contributed by atoms with Crippen LogP contribution in [0.2, 0.25) is 0 Å². The van der Waals surface area contributed by atoms with Crippen molar-refractivity contribution in [3.63, 3.8) is 0 Å². The summed E-state index contributed by atoms with van der Waals surface area (Å²) in [5, 5.41) is 9.53. The van der Waals surface area contributed by atoms with Crippen molar-refractivity contribution >= 4 is 11.9 Å². The molecule has 0 rings (SSSR count). The third kappa shape index (κ3) is 33.5. The number of aliphatic hydroxyl groups excluding tert-OH is 1. The summed E-state index contributed by atoms with van der Waals surface area (Å²) < 4.78 is 10.6. The molecule has 44 heavy (non-hydrogen) atoms. The van der Waals surface area contributed by atoms with E-state index in [0.29, 0.717) is 12.8 Å². The lowest BCUT2D eigenvalue weighted by Crippen LogP contribution is -2.28. The Balaban J connectivity index is 3.53. The summed E-state index contributed by atoms with van der Waals surface area (Å²) in [5.41, 5.74) is 0. The zero-order valence-corrected chi connectivity index (χ0v) is 29.4. The lowest BCUT2D eigenvalue weighted by molar-refractivity contribution is -0.161. The lowest BCUT2D eigenvalue weighted by atomic mass is 10.0. The Morgan fingerprint density at radius 1 is 0.500 bits per heavy atom. The van der Waals surface area contributed by atoms with Gasteiger partial charge in [0, 0.05) is 12.8 Å². The van der Waals surface area contributed by atoms with E-state index in [1.165, 1.54) is 135 Å². The van der Waals surface area contributed by atoms with Crippen LogP contribution in [0.4, 0.5) is 0 Å². The summed E-state index contributed by atoms with van der Waals surface area (Å²) in [4.78, 5) is 24.2. The predicted octanol–water partition coefficient (Wildman–Crippen LogP) is 11.7. The van der Waals surface area contributed by atoms with Crippen molar-refractivity contribution in [3.05, 3.63) is 12.2 Å². The standard InChI is InChI=1S/C39H74O5/c1-3-5-7-9-11-13-15-17-19-21-23-25-27-29-31-33-38(41)43-36-37(35-40)44-39(42)34-32-30-28-26-24-22-20-18-16-14-12-10-8-6-4-2/h18,20,37,40H,3-17,19,21-36H2,1-2H3/b20-18-. The number of rotatable bonds is 35. The first-order valence-corrected chi connectivity index (χ1v) is 19.2. The first-order chi connectivity index (χ1) is 21.6. The van der Waals surface area contributed by atoms with Crippen LogP contribution >= 0.6 is 0 Å². The van der Waals surface area contributed by atoms with Gasteiger partial charge < -0.3 is 14.6 Å². The number of carbonyl (C=O) groups excluding carboxylic acids is 2. The van der Waals surface area contributed by atoms with Gasteiger partial charge in [0.05, 0.1) is 6.61 Å². The zero-order chi connectivity index (χ0) is 32.2. The first-order valence-electron chi connectivity index (χ1n) is 19.2. The first kappa shape index (κ1) is 42.6. The van der Waals surface area contributed by atoms with Crippen LogP contribution in [0.15, 0.2) is 12.2 Å². The number of aliphatic hydroxyl groups is 1. The number of allylic oxidation sites excluding steroid dienone is 2. The fourth-order valence-corrected chi connectivity index (χ4v) is 5.61. The van der Waals surface area contributed by atoms with Gasteiger partial charge in [-0.15, -0.1) is 0 Å². The van der Waals surface area contributed by atoms with Gasteiger partial charge in [0.15, 0.2) is 6.10 Å². The summed E-state index contributed by atoms with van der Waals surface area (Å²) in [5.74, 6) is -0.591. The highest BCUT2D eigenvalue weighted by atomic mass is 16.6.